The van der Waals surface area contributed by atoms with Crippen LogP contribution in [0.5, 0.6) is 0 Å². The van der Waals surface area contributed by atoms with Gasteiger partial charge in [0.15, 0.2) is 1.37 Å². The van der Waals surface area contributed by atoms with Crippen LogP contribution in [-0.4, -0.2) is 82.4 Å². The molecule has 2 heterocycles. The van der Waals surface area contributed by atoms with Gasteiger partial charge in [0.25, 0.3) is 23.6 Å². The minimum absolute atomic E-state index is 0. The van der Waals surface area contributed by atoms with E-state index in [1.165, 1.54) is 6.82 Å². The summed E-state index contributed by atoms with van der Waals surface area (Å²) in [6.07, 6.45) is -0.935. The lowest BCUT2D eigenvalue weighted by Crippen LogP contribution is -2.28. The molecular formula is C14H25B2N4O8. The molecule has 14 heteroatoms. The number of nitrogens with one attached hydrogen (secondary N) is 1. The van der Waals surface area contributed by atoms with E-state index in [1.54, 1.807) is 0 Å². The van der Waals surface area contributed by atoms with Crippen molar-refractivity contribution >= 4 is 51.6 Å². The third-order valence-corrected chi connectivity index (χ3v) is 2.54. The molecule has 0 unspecified atom stereocenters. The Balaban J connectivity index is -0.000000363. The second-order valence-corrected chi connectivity index (χ2v) is 4.16. The van der Waals surface area contributed by atoms with Gasteiger partial charge in [0.05, 0.1) is 15.7 Å². The van der Waals surface area contributed by atoms with E-state index in [4.69, 9.17) is 10.7 Å². The molecule has 2 rings (SSSR count). The number of nitrogens with zero attached hydrogens (tertiary/aromatic N) is 2. The Morgan fingerprint density at radius 3 is 2.00 bits per heavy atom. The average molecular weight is 403 g/mol. The fraction of sp³-hybridized carbons (Fsp3) is 0.571. The number of nitrogens with two attached hydrogens (primary N) is 1. The van der Waals surface area contributed by atoms with Crippen molar-refractivity contribution in [2.75, 3.05) is 14.0 Å². The van der Waals surface area contributed by atoms with E-state index in [2.05, 4.69) is 23.7 Å². The molecular weight excluding hydrogens is 374 g/mol. The smallest absolute Gasteiger partial charge is 0.321 e. The van der Waals surface area contributed by atoms with Gasteiger partial charge in [-0.25, -0.2) is 0 Å². The van der Waals surface area contributed by atoms with Gasteiger partial charge in [-0.15, -0.1) is 5.06 Å². The van der Waals surface area contributed by atoms with Crippen LogP contribution >= 0.6 is 0 Å². The predicted molar refractivity (Wildman–Crippen MR) is 98.9 cm³/mol. The molecule has 0 aliphatic carbocycles. The second kappa shape index (κ2) is 19.0. The van der Waals surface area contributed by atoms with Gasteiger partial charge in [0, 0.05) is 35.4 Å². The summed E-state index contributed by atoms with van der Waals surface area (Å²) in [5.41, 5.74) is 4.51. The van der Waals surface area contributed by atoms with Crippen LogP contribution in [0.25, 0.3) is 0 Å². The molecule has 2 aliphatic heterocycles. The molecule has 0 atom stereocenters. The maximum atomic E-state index is 10.7. The number of hydrogen-bond acceptors (Lipinski definition) is 9. The third-order valence-electron chi connectivity index (χ3n) is 2.54. The van der Waals surface area contributed by atoms with Crippen molar-refractivity contribution in [1.82, 2.24) is 15.4 Å². The molecule has 155 valence electrons. The third kappa shape index (κ3) is 12.6. The van der Waals surface area contributed by atoms with Gasteiger partial charge in [-0.1, -0.05) is 6.82 Å². The number of hydroxylamine groups is 4. The SMILES string of the molecule is O=C1CCC(=O)N1O.[2H]C(=O)ON1C(=O)CCC1=O.[2H]CN.[2H][B]CC(=O)NC[2H].[B]C. The Hall–Kier alpha value is -2.73. The summed E-state index contributed by atoms with van der Waals surface area (Å²) in [6, 6.07) is 0. The molecule has 3 radical (unpaired) electrons. The lowest BCUT2D eigenvalue weighted by molar-refractivity contribution is -0.188. The number of carbonyl (C=O) groups is 6. The average Bonchev–Trinajstić information content (AvgIpc) is 3.21. The molecule has 0 aromatic carbocycles. The van der Waals surface area contributed by atoms with Crippen LogP contribution in [0.4, 0.5) is 0 Å². The highest BCUT2D eigenvalue weighted by molar-refractivity contribution is 6.19. The zero-order chi connectivity index (χ0) is 25.7. The van der Waals surface area contributed by atoms with Crippen molar-refractivity contribution in [3.63, 3.8) is 0 Å². The van der Waals surface area contributed by atoms with Crippen molar-refractivity contribution in [2.45, 2.75) is 38.8 Å². The monoisotopic (exact) mass is 403 g/mol. The molecule has 0 saturated carbocycles. The first-order valence-corrected chi connectivity index (χ1v) is 7.47. The Kier molecular flexibility index (Phi) is 14.7. The summed E-state index contributed by atoms with van der Waals surface area (Å²) in [6.45, 7) is 1.50. The van der Waals surface area contributed by atoms with Crippen LogP contribution < -0.4 is 11.1 Å². The first-order valence-electron chi connectivity index (χ1n) is 9.96. The molecule has 28 heavy (non-hydrogen) atoms. The summed E-state index contributed by atoms with van der Waals surface area (Å²) in [7, 11) is 5.40. The van der Waals surface area contributed by atoms with Crippen LogP contribution in [0.2, 0.25) is 13.1 Å². The Morgan fingerprint density at radius 1 is 1.29 bits per heavy atom. The fourth-order valence-electron chi connectivity index (χ4n) is 1.33. The lowest BCUT2D eigenvalue weighted by atomic mass is 10.1. The largest absolute Gasteiger partial charge is 0.360 e. The number of hydrogen-bond donors (Lipinski definition) is 3. The van der Waals surface area contributed by atoms with Gasteiger partial charge < -0.3 is 15.9 Å². The zero-order valence-corrected chi connectivity index (χ0v) is 15.4. The van der Waals surface area contributed by atoms with Crippen molar-refractivity contribution in [3.8, 4) is 0 Å². The molecule has 12 nitrogen and oxygen atoms in total. The van der Waals surface area contributed by atoms with E-state index < -0.39 is 30.1 Å². The lowest BCUT2D eigenvalue weighted by Gasteiger charge is -2.06. The number of rotatable bonds is 3. The van der Waals surface area contributed by atoms with Crippen molar-refractivity contribution < 1.29 is 42.9 Å². The standard InChI is InChI=1S/C5H5NO4.C4H5NO3.C3H7BNO.CH3B.CH5N/c7-3-10-6-4(8)1-2-5(6)9;6-3-1-2-4(7)5(3)8;1-5-3(6)2-4;2*1-2/h3H,1-2H2;8H,1-2H2;4H,2H2,1H3,(H,5,6);1H3;2H2,1H3/i3D;;1D,4D;;1D. The summed E-state index contributed by atoms with van der Waals surface area (Å²) >= 11 is 0. The van der Waals surface area contributed by atoms with E-state index in [9.17, 15) is 28.8 Å². The van der Waals surface area contributed by atoms with E-state index >= 15 is 0 Å². The highest BCUT2D eigenvalue weighted by Gasteiger charge is 2.30. The van der Waals surface area contributed by atoms with Crippen molar-refractivity contribution in [2.24, 2.45) is 5.73 Å². The maximum Gasteiger partial charge on any atom is 0.321 e. The topological polar surface area (TPSA) is 176 Å². The van der Waals surface area contributed by atoms with Gasteiger partial charge in [0.2, 0.25) is 5.91 Å². The molecule has 2 aliphatic rings. The van der Waals surface area contributed by atoms with Gasteiger partial charge in [-0.2, -0.15) is 5.06 Å². The summed E-state index contributed by atoms with van der Waals surface area (Å²) < 4.78 is 25.3. The van der Waals surface area contributed by atoms with E-state index in [-0.39, 0.29) is 57.0 Å². The molecule has 0 aromatic heterocycles. The normalized spacial score (nSPS) is 16.0. The molecule has 0 bridgehead atoms. The van der Waals surface area contributed by atoms with E-state index in [1.807, 2.05) is 0 Å². The summed E-state index contributed by atoms with van der Waals surface area (Å²) in [5, 5.41) is 11.1. The maximum absolute atomic E-state index is 10.7. The highest BCUT2D eigenvalue weighted by atomic mass is 16.7. The van der Waals surface area contributed by atoms with Gasteiger partial charge in [-0.3, -0.25) is 34.0 Å². The number of imide groups is 2. The minimum atomic E-state index is -1.41. The van der Waals surface area contributed by atoms with Crippen molar-refractivity contribution in [1.29, 1.82) is 1.34 Å². The van der Waals surface area contributed by atoms with Crippen LogP contribution in [0.15, 0.2) is 0 Å². The Labute approximate surface area is 171 Å². The molecule has 0 spiro atoms. The van der Waals surface area contributed by atoms with Crippen molar-refractivity contribution in [3.05, 3.63) is 0 Å². The summed E-state index contributed by atoms with van der Waals surface area (Å²) in [4.78, 5) is 66.1. The first kappa shape index (κ1) is 21.6. The number of carbonyl (C=O) groups excluding carboxylic acids is 6. The predicted octanol–water partition coefficient (Wildman–Crippen LogP) is -2.42. The highest BCUT2D eigenvalue weighted by Crippen LogP contribution is 2.10. The first-order chi connectivity index (χ1) is 15.0. The second-order valence-electron chi connectivity index (χ2n) is 4.16. The van der Waals surface area contributed by atoms with E-state index in [0.717, 1.165) is 7.81 Å². The summed E-state index contributed by atoms with van der Waals surface area (Å²) in [5.74, 6) is -2.42. The molecule has 2 saturated heterocycles. The fourth-order valence-corrected chi connectivity index (χ4v) is 1.33. The van der Waals surface area contributed by atoms with E-state index in [0.29, 0.717) is 5.06 Å². The van der Waals surface area contributed by atoms with Crippen LogP contribution in [0.3, 0.4) is 0 Å². The van der Waals surface area contributed by atoms with Crippen LogP contribution in [0.1, 0.15) is 29.8 Å². The van der Waals surface area contributed by atoms with Gasteiger partial charge >= 0.3 is 6.45 Å². The van der Waals surface area contributed by atoms with Gasteiger partial charge in [-0.05, 0) is 14.7 Å². The molecule has 2 fully saturated rings. The Bertz CT molecular complexity index is 594. The number of amides is 5. The Morgan fingerprint density at radius 2 is 1.71 bits per heavy atom. The molecule has 4 N–H and O–H groups in total. The zero-order valence-electron chi connectivity index (χ0n) is 19.4. The van der Waals surface area contributed by atoms with Gasteiger partial charge in [0.1, 0.15) is 0 Å². The quantitative estimate of drug-likeness (QED) is 0.200. The molecule has 5 amide bonds. The molecule has 0 aromatic rings. The minimum Gasteiger partial charge on any atom is -0.360 e. The van der Waals surface area contributed by atoms with Crippen LogP contribution in [-0.2, 0) is 33.6 Å². The van der Waals surface area contributed by atoms with Crippen LogP contribution in [0, 0.1) is 0 Å².